The first-order valence-electron chi connectivity index (χ1n) is 14.2. The summed E-state index contributed by atoms with van der Waals surface area (Å²) >= 11 is 1.51. The van der Waals surface area contributed by atoms with Gasteiger partial charge in [-0.2, -0.15) is 4.80 Å². The average Bonchev–Trinajstić information content (AvgIpc) is 3.79. The number of tetrazole rings is 1. The van der Waals surface area contributed by atoms with Crippen LogP contribution in [0.1, 0.15) is 37.3 Å². The fourth-order valence-corrected chi connectivity index (χ4v) is 6.22. The molecule has 1 aliphatic carbocycles. The lowest BCUT2D eigenvalue weighted by atomic mass is 10.00. The van der Waals surface area contributed by atoms with Crippen LogP contribution in [-0.4, -0.2) is 52.2 Å². The minimum atomic E-state index is -0.902. The van der Waals surface area contributed by atoms with Gasteiger partial charge in [0.25, 0.3) is 5.91 Å². The van der Waals surface area contributed by atoms with E-state index in [0.717, 1.165) is 52.6 Å². The van der Waals surface area contributed by atoms with E-state index in [0.29, 0.717) is 11.5 Å². The van der Waals surface area contributed by atoms with Crippen LogP contribution in [0.2, 0.25) is 0 Å². The van der Waals surface area contributed by atoms with Crippen LogP contribution in [-0.2, 0) is 16.1 Å². The third-order valence-corrected chi connectivity index (χ3v) is 8.57. The zero-order valence-corrected chi connectivity index (χ0v) is 24.5. The molecule has 1 N–H and O–H groups in total. The maximum absolute atomic E-state index is 14.4. The molecule has 1 saturated carbocycles. The van der Waals surface area contributed by atoms with Crippen molar-refractivity contribution in [2.24, 2.45) is 0 Å². The van der Waals surface area contributed by atoms with Crippen LogP contribution in [0.3, 0.4) is 0 Å². The Kier molecular flexibility index (Phi) is 7.96. The van der Waals surface area contributed by atoms with E-state index in [2.05, 4.69) is 20.7 Å². The molecule has 0 spiro atoms. The standard InChI is InChI=1S/C32H33N7O2S/c1-37(2)25-18-16-23(17-19-25)30(32(41)33-24-11-4-5-12-24)39(27-14-7-10-22-9-3-6-13-26(22)27)29(40)21-38-35-31(34-36-38)28-15-8-20-42-28/h3,6-10,13-20,24,30H,4-5,11-12,21H2,1-2H3,(H,33,41). The first-order chi connectivity index (χ1) is 20.5. The molecule has 9 nitrogen and oxygen atoms in total. The molecule has 1 atom stereocenters. The van der Waals surface area contributed by atoms with Gasteiger partial charge in [0, 0.05) is 31.2 Å². The van der Waals surface area contributed by atoms with Crippen LogP contribution in [0, 0.1) is 0 Å². The van der Waals surface area contributed by atoms with E-state index in [9.17, 15) is 9.59 Å². The van der Waals surface area contributed by atoms with E-state index in [1.54, 1.807) is 4.90 Å². The number of aromatic nitrogens is 4. The van der Waals surface area contributed by atoms with Gasteiger partial charge in [-0.3, -0.25) is 14.5 Å². The molecule has 42 heavy (non-hydrogen) atoms. The molecule has 0 bridgehead atoms. The van der Waals surface area contributed by atoms with E-state index in [1.165, 1.54) is 16.1 Å². The first-order valence-corrected chi connectivity index (χ1v) is 15.0. The van der Waals surface area contributed by atoms with E-state index < -0.39 is 6.04 Å². The third-order valence-electron chi connectivity index (χ3n) is 7.70. The Morgan fingerprint density at radius 3 is 2.48 bits per heavy atom. The van der Waals surface area contributed by atoms with Gasteiger partial charge in [-0.05, 0) is 58.7 Å². The molecule has 1 fully saturated rings. The molecule has 2 aromatic heterocycles. The third kappa shape index (κ3) is 5.75. The Hall–Kier alpha value is -4.57. The maximum atomic E-state index is 14.4. The molecule has 0 radical (unpaired) electrons. The molecule has 3 aromatic carbocycles. The van der Waals surface area contributed by atoms with Gasteiger partial charge < -0.3 is 10.2 Å². The second kappa shape index (κ2) is 12.1. The second-order valence-electron chi connectivity index (χ2n) is 10.8. The van der Waals surface area contributed by atoms with Crippen molar-refractivity contribution < 1.29 is 9.59 Å². The zero-order chi connectivity index (χ0) is 29.1. The topological polar surface area (TPSA) is 96.2 Å². The molecule has 0 aliphatic heterocycles. The quantitative estimate of drug-likeness (QED) is 0.249. The zero-order valence-electron chi connectivity index (χ0n) is 23.7. The summed E-state index contributed by atoms with van der Waals surface area (Å²) in [5.41, 5.74) is 2.38. The largest absolute Gasteiger partial charge is 0.378 e. The lowest BCUT2D eigenvalue weighted by molar-refractivity contribution is -0.127. The van der Waals surface area contributed by atoms with Gasteiger partial charge in [-0.15, -0.1) is 21.5 Å². The Morgan fingerprint density at radius 2 is 1.74 bits per heavy atom. The van der Waals surface area contributed by atoms with E-state index in [4.69, 9.17) is 0 Å². The van der Waals surface area contributed by atoms with Crippen LogP contribution in [0.5, 0.6) is 0 Å². The predicted octanol–water partition coefficient (Wildman–Crippen LogP) is 5.45. The number of nitrogens with one attached hydrogen (secondary N) is 1. The van der Waals surface area contributed by atoms with Crippen molar-refractivity contribution in [2.75, 3.05) is 23.9 Å². The van der Waals surface area contributed by atoms with Crippen LogP contribution >= 0.6 is 11.3 Å². The van der Waals surface area contributed by atoms with Gasteiger partial charge in [-0.25, -0.2) is 0 Å². The fourth-order valence-electron chi connectivity index (χ4n) is 5.57. The Balaban J connectivity index is 1.44. The van der Waals surface area contributed by atoms with E-state index in [1.807, 2.05) is 103 Å². The van der Waals surface area contributed by atoms with Crippen LogP contribution in [0.15, 0.2) is 84.2 Å². The Morgan fingerprint density at radius 1 is 0.976 bits per heavy atom. The summed E-state index contributed by atoms with van der Waals surface area (Å²) in [5.74, 6) is -0.0549. The minimum absolute atomic E-state index is 0.0934. The molecule has 2 heterocycles. The molecular formula is C32H33N7O2S. The number of benzene rings is 3. The predicted molar refractivity (Wildman–Crippen MR) is 166 cm³/mol. The van der Waals surface area contributed by atoms with Gasteiger partial charge >= 0.3 is 0 Å². The average molecular weight is 580 g/mol. The van der Waals surface area contributed by atoms with Crippen LogP contribution in [0.25, 0.3) is 21.5 Å². The number of rotatable bonds is 9. The fraction of sp³-hybridized carbons (Fsp3) is 0.281. The summed E-state index contributed by atoms with van der Waals surface area (Å²) in [7, 11) is 3.95. The summed E-state index contributed by atoms with van der Waals surface area (Å²) in [6, 6.07) is 24.6. The van der Waals surface area contributed by atoms with Gasteiger partial charge in [0.15, 0.2) is 0 Å². The number of hydrogen-bond acceptors (Lipinski definition) is 7. The lowest BCUT2D eigenvalue weighted by Gasteiger charge is -2.33. The number of anilines is 2. The Bertz CT molecular complexity index is 1670. The van der Waals surface area contributed by atoms with Crippen LogP contribution < -0.4 is 15.1 Å². The highest BCUT2D eigenvalue weighted by Crippen LogP contribution is 2.35. The highest BCUT2D eigenvalue weighted by Gasteiger charge is 2.35. The van der Waals surface area contributed by atoms with Crippen molar-refractivity contribution in [2.45, 2.75) is 44.3 Å². The number of thiophene rings is 1. The highest BCUT2D eigenvalue weighted by atomic mass is 32.1. The number of fused-ring (bicyclic) bond motifs is 1. The molecule has 214 valence electrons. The van der Waals surface area contributed by atoms with E-state index >= 15 is 0 Å². The van der Waals surface area contributed by atoms with Crippen molar-refractivity contribution in [1.29, 1.82) is 0 Å². The minimum Gasteiger partial charge on any atom is -0.378 e. The van der Waals surface area contributed by atoms with Crippen LogP contribution in [0.4, 0.5) is 11.4 Å². The van der Waals surface area contributed by atoms with Crippen molar-refractivity contribution in [3.63, 3.8) is 0 Å². The summed E-state index contributed by atoms with van der Waals surface area (Å²) < 4.78 is 0. The number of nitrogens with zero attached hydrogens (tertiary/aromatic N) is 6. The summed E-state index contributed by atoms with van der Waals surface area (Å²) in [5, 5.41) is 19.9. The lowest BCUT2D eigenvalue weighted by Crippen LogP contribution is -2.47. The van der Waals surface area contributed by atoms with E-state index in [-0.39, 0.29) is 24.4 Å². The molecule has 10 heteroatoms. The van der Waals surface area contributed by atoms with Gasteiger partial charge in [0.05, 0.1) is 10.6 Å². The molecule has 1 aliphatic rings. The molecule has 0 saturated heterocycles. The van der Waals surface area contributed by atoms with Crippen molar-refractivity contribution >= 4 is 45.3 Å². The smallest absolute Gasteiger partial charge is 0.251 e. The summed E-state index contributed by atoms with van der Waals surface area (Å²) in [6.07, 6.45) is 4.05. The monoisotopic (exact) mass is 579 g/mol. The Labute approximate surface area is 248 Å². The summed E-state index contributed by atoms with van der Waals surface area (Å²) in [6.45, 7) is -0.176. The number of carbonyl (C=O) groups excluding carboxylic acids is 2. The number of amides is 2. The number of carbonyl (C=O) groups is 2. The van der Waals surface area contributed by atoms with Crippen molar-refractivity contribution in [3.8, 4) is 10.7 Å². The molecular weight excluding hydrogens is 546 g/mol. The first kappa shape index (κ1) is 27.6. The molecule has 1 unspecified atom stereocenters. The van der Waals surface area contributed by atoms with Crippen molar-refractivity contribution in [1.82, 2.24) is 25.5 Å². The second-order valence-corrected chi connectivity index (χ2v) is 11.7. The number of hydrogen-bond donors (Lipinski definition) is 1. The normalized spacial score (nSPS) is 14.1. The van der Waals surface area contributed by atoms with Gasteiger partial charge in [0.2, 0.25) is 11.7 Å². The maximum Gasteiger partial charge on any atom is 0.251 e. The molecule has 5 aromatic rings. The van der Waals surface area contributed by atoms with Gasteiger partial charge in [0.1, 0.15) is 12.6 Å². The van der Waals surface area contributed by atoms with Crippen molar-refractivity contribution in [3.05, 3.63) is 89.8 Å². The highest BCUT2D eigenvalue weighted by molar-refractivity contribution is 7.13. The molecule has 6 rings (SSSR count). The van der Waals surface area contributed by atoms with Gasteiger partial charge in [-0.1, -0.05) is 67.4 Å². The molecule has 2 amide bonds. The summed E-state index contributed by atoms with van der Waals surface area (Å²) in [4.78, 5) is 34.4. The SMILES string of the molecule is CN(C)c1ccc(C(C(=O)NC2CCCC2)N(C(=O)Cn2nnc(-c3cccs3)n2)c2cccc3ccccc23)cc1.